The molecule has 228 valence electrons. The molecule has 0 radical (unpaired) electrons. The van der Waals surface area contributed by atoms with Crippen molar-refractivity contribution >= 4 is 109 Å². The van der Waals surface area contributed by atoms with Crippen LogP contribution in [0.15, 0.2) is 164 Å². The van der Waals surface area contributed by atoms with Crippen LogP contribution in [0.3, 0.4) is 0 Å². The van der Waals surface area contributed by atoms with Crippen molar-refractivity contribution < 1.29 is 0 Å². The summed E-state index contributed by atoms with van der Waals surface area (Å²) < 4.78 is 5.40. The molecule has 2 aromatic heterocycles. The van der Waals surface area contributed by atoms with Crippen LogP contribution in [0, 0.1) is 0 Å². The Morgan fingerprint density at radius 3 is 1.96 bits per heavy atom. The van der Waals surface area contributed by atoms with E-state index < -0.39 is 0 Å². The van der Waals surface area contributed by atoms with Crippen LogP contribution < -0.4 is 25.5 Å². The fourth-order valence-corrected chi connectivity index (χ4v) is 10.8. The smallest absolute Gasteiger partial charge is 0.264 e. The lowest BCUT2D eigenvalue weighted by molar-refractivity contribution is 1.26. The number of anilines is 6. The molecule has 0 bridgehead atoms. The fourth-order valence-electron chi connectivity index (χ4n) is 8.23. The summed E-state index contributed by atoms with van der Waals surface area (Å²) in [5.41, 5.74) is 12.6. The number of para-hydroxylation sites is 2. The maximum Gasteiger partial charge on any atom is 0.264 e. The summed E-state index contributed by atoms with van der Waals surface area (Å²) in [4.78, 5) is 5.01. The van der Waals surface area contributed by atoms with Gasteiger partial charge in [-0.2, -0.15) is 0 Å². The Kier molecular flexibility index (Phi) is 5.83. The van der Waals surface area contributed by atoms with Crippen molar-refractivity contribution in [2.75, 3.05) is 9.80 Å². The van der Waals surface area contributed by atoms with E-state index >= 15 is 0 Å². The minimum atomic E-state index is 0.140. The summed E-state index contributed by atoms with van der Waals surface area (Å²) in [5.74, 6) is 0. The molecule has 0 aliphatic carbocycles. The molecule has 0 atom stereocenters. The van der Waals surface area contributed by atoms with Gasteiger partial charge in [-0.1, -0.05) is 109 Å². The maximum absolute atomic E-state index is 2.51. The van der Waals surface area contributed by atoms with Crippen molar-refractivity contribution in [2.45, 2.75) is 0 Å². The molecular weight excluding hydrogens is 631 g/mol. The lowest BCUT2D eigenvalue weighted by Gasteiger charge is -2.43. The largest absolute Gasteiger partial charge is 0.311 e. The van der Waals surface area contributed by atoms with Crippen molar-refractivity contribution in [3.63, 3.8) is 0 Å². The third kappa shape index (κ3) is 3.89. The number of nitrogens with zero attached hydrogens (tertiary/aromatic N) is 2. The van der Waals surface area contributed by atoms with Crippen molar-refractivity contribution in [1.29, 1.82) is 0 Å². The van der Waals surface area contributed by atoms with E-state index in [0.29, 0.717) is 0 Å². The lowest BCUT2D eigenvalue weighted by Crippen LogP contribution is -2.60. The summed E-state index contributed by atoms with van der Waals surface area (Å²) >= 11 is 3.83. The monoisotopic (exact) mass is 658 g/mol. The third-order valence-corrected chi connectivity index (χ3v) is 12.7. The highest BCUT2D eigenvalue weighted by Gasteiger charge is 2.44. The first-order chi connectivity index (χ1) is 24.3. The Morgan fingerprint density at radius 2 is 1.08 bits per heavy atom. The van der Waals surface area contributed by atoms with Crippen LogP contribution in [-0.2, 0) is 0 Å². The van der Waals surface area contributed by atoms with Gasteiger partial charge in [0.15, 0.2) is 0 Å². The van der Waals surface area contributed by atoms with E-state index in [1.165, 1.54) is 91.2 Å². The second-order valence-corrected chi connectivity index (χ2v) is 15.0. The SMILES string of the molecule is c1ccc(N2c3cccc4c3B(c3ccccc3N4c3cccc(-c4cccc5c4sc4ccccc45)c3)c3sc4ccccc4c32)cc1. The average Bonchev–Trinajstić information content (AvgIpc) is 3.74. The molecule has 0 saturated carbocycles. The molecule has 9 aromatic rings. The van der Waals surface area contributed by atoms with E-state index in [9.17, 15) is 0 Å². The number of benzene rings is 7. The summed E-state index contributed by atoms with van der Waals surface area (Å²) in [6, 6.07) is 60.4. The van der Waals surface area contributed by atoms with Gasteiger partial charge < -0.3 is 9.80 Å². The van der Waals surface area contributed by atoms with E-state index in [2.05, 4.69) is 174 Å². The van der Waals surface area contributed by atoms with E-state index in [1.807, 2.05) is 22.7 Å². The van der Waals surface area contributed by atoms with Crippen molar-refractivity contribution in [1.82, 2.24) is 0 Å². The zero-order valence-electron chi connectivity index (χ0n) is 26.4. The first kappa shape index (κ1) is 27.3. The minimum absolute atomic E-state index is 0.140. The third-order valence-electron chi connectivity index (χ3n) is 10.2. The number of hydrogen-bond donors (Lipinski definition) is 0. The molecule has 0 spiro atoms. The molecule has 2 aliphatic rings. The number of hydrogen-bond acceptors (Lipinski definition) is 4. The molecule has 7 aromatic carbocycles. The highest BCUT2D eigenvalue weighted by Crippen LogP contribution is 2.48. The van der Waals surface area contributed by atoms with Crippen molar-refractivity contribution in [3.8, 4) is 11.1 Å². The topological polar surface area (TPSA) is 6.48 Å². The Labute approximate surface area is 292 Å². The molecule has 0 N–H and O–H groups in total. The molecule has 0 unspecified atom stereocenters. The average molecular weight is 659 g/mol. The second-order valence-electron chi connectivity index (χ2n) is 12.9. The first-order valence-corrected chi connectivity index (χ1v) is 18.4. The van der Waals surface area contributed by atoms with Gasteiger partial charge >= 0.3 is 0 Å². The zero-order chi connectivity index (χ0) is 32.1. The van der Waals surface area contributed by atoms with Crippen LogP contribution in [0.1, 0.15) is 0 Å². The summed E-state index contributed by atoms with van der Waals surface area (Å²) in [5, 5.41) is 3.97. The van der Waals surface area contributed by atoms with E-state index in [-0.39, 0.29) is 6.71 Å². The molecule has 0 fully saturated rings. The summed E-state index contributed by atoms with van der Waals surface area (Å²) in [6.07, 6.45) is 0. The standard InChI is InChI=1S/C44H27BN2S2/c1-2-14-29(15-3-1)47-38-24-12-23-37-41(38)45(44-42(47)34-18-5-9-26-40(34)49-44)35-21-6-7-22-36(35)46(37)30-16-10-13-28(27-30)31-19-11-20-33-32-17-4-8-25-39(32)48-43(31)33/h1-27H. The van der Waals surface area contributed by atoms with Gasteiger partial charge in [0.1, 0.15) is 0 Å². The Hall–Kier alpha value is -5.62. The quantitative estimate of drug-likeness (QED) is 0.174. The van der Waals surface area contributed by atoms with Crippen LogP contribution >= 0.6 is 22.7 Å². The van der Waals surface area contributed by atoms with Gasteiger partial charge in [-0.15, -0.1) is 22.7 Å². The first-order valence-electron chi connectivity index (χ1n) is 16.7. The van der Waals surface area contributed by atoms with Crippen molar-refractivity contribution in [2.24, 2.45) is 0 Å². The molecular formula is C44H27BN2S2. The predicted octanol–water partition coefficient (Wildman–Crippen LogP) is 11.0. The molecule has 4 heterocycles. The van der Waals surface area contributed by atoms with Gasteiger partial charge in [0.05, 0.1) is 5.69 Å². The van der Waals surface area contributed by atoms with Gasteiger partial charge in [-0.25, -0.2) is 0 Å². The van der Waals surface area contributed by atoms with Gasteiger partial charge in [-0.3, -0.25) is 0 Å². The van der Waals surface area contributed by atoms with E-state index in [1.54, 1.807) is 0 Å². The highest BCUT2D eigenvalue weighted by molar-refractivity contribution is 7.33. The van der Waals surface area contributed by atoms with Crippen LogP contribution in [0.25, 0.3) is 41.4 Å². The van der Waals surface area contributed by atoms with Gasteiger partial charge in [0, 0.05) is 63.5 Å². The fraction of sp³-hybridized carbons (Fsp3) is 0. The summed E-state index contributed by atoms with van der Waals surface area (Å²) in [7, 11) is 0. The molecule has 49 heavy (non-hydrogen) atoms. The molecule has 2 nitrogen and oxygen atoms in total. The van der Waals surface area contributed by atoms with Crippen LogP contribution in [-0.4, -0.2) is 6.71 Å². The normalized spacial score (nSPS) is 13.2. The number of thiophene rings is 2. The van der Waals surface area contributed by atoms with Crippen LogP contribution in [0.4, 0.5) is 34.1 Å². The Morgan fingerprint density at radius 1 is 0.449 bits per heavy atom. The minimum Gasteiger partial charge on any atom is -0.311 e. The molecule has 11 rings (SSSR count). The highest BCUT2D eigenvalue weighted by atomic mass is 32.1. The second kappa shape index (κ2) is 10.4. The van der Waals surface area contributed by atoms with Gasteiger partial charge in [-0.05, 0) is 76.6 Å². The number of fused-ring (bicyclic) bond motifs is 9. The molecule has 5 heteroatoms. The van der Waals surface area contributed by atoms with Crippen molar-refractivity contribution in [3.05, 3.63) is 164 Å². The van der Waals surface area contributed by atoms with Crippen LogP contribution in [0.2, 0.25) is 0 Å². The maximum atomic E-state index is 2.51. The summed E-state index contributed by atoms with van der Waals surface area (Å²) in [6.45, 7) is 0.140. The lowest BCUT2D eigenvalue weighted by atomic mass is 9.36. The van der Waals surface area contributed by atoms with E-state index in [4.69, 9.17) is 0 Å². The molecule has 0 amide bonds. The van der Waals surface area contributed by atoms with Crippen LogP contribution in [0.5, 0.6) is 0 Å². The number of rotatable bonds is 3. The molecule has 0 saturated heterocycles. The zero-order valence-corrected chi connectivity index (χ0v) is 28.0. The van der Waals surface area contributed by atoms with E-state index in [0.717, 1.165) is 0 Å². The Bertz CT molecular complexity index is 2760. The predicted molar refractivity (Wildman–Crippen MR) is 214 cm³/mol. The Balaban J connectivity index is 1.16. The van der Waals surface area contributed by atoms with Gasteiger partial charge in [0.25, 0.3) is 6.71 Å². The van der Waals surface area contributed by atoms with Gasteiger partial charge in [0.2, 0.25) is 0 Å². The molecule has 2 aliphatic heterocycles.